The largest absolute Gasteiger partial charge is 0.481 e. The van der Waals surface area contributed by atoms with Crippen LogP contribution in [0.3, 0.4) is 0 Å². The molecule has 0 atom stereocenters. The summed E-state index contributed by atoms with van der Waals surface area (Å²) in [6, 6.07) is 6.00. The molecule has 0 aliphatic carbocycles. The number of carbonyl (C=O) groups is 1. The molecule has 0 radical (unpaired) electrons. The second-order valence-corrected chi connectivity index (χ2v) is 4.01. The Kier molecular flexibility index (Phi) is 4.59. The summed E-state index contributed by atoms with van der Waals surface area (Å²) in [5.41, 5.74) is 3.28. The number of hydrogen-bond donors (Lipinski definition) is 1. The van der Waals surface area contributed by atoms with Crippen molar-refractivity contribution in [2.75, 3.05) is 18.0 Å². The fourth-order valence-electron chi connectivity index (χ4n) is 1.92. The number of carboxylic acids is 1. The van der Waals surface area contributed by atoms with E-state index in [1.165, 1.54) is 0 Å². The molecule has 0 fully saturated rings. The highest BCUT2D eigenvalue weighted by Crippen LogP contribution is 2.24. The number of nitrogens with zero attached hydrogens (tertiary/aromatic N) is 1. The first-order valence-electron chi connectivity index (χ1n) is 5.52. The van der Waals surface area contributed by atoms with Crippen molar-refractivity contribution in [3.8, 4) is 12.3 Å². The third-order valence-electron chi connectivity index (χ3n) is 2.63. The number of hydrogen-bond acceptors (Lipinski definition) is 2. The van der Waals surface area contributed by atoms with Gasteiger partial charge in [0, 0.05) is 12.2 Å². The van der Waals surface area contributed by atoms with Gasteiger partial charge < -0.3 is 10.0 Å². The lowest BCUT2D eigenvalue weighted by atomic mass is 10.1. The van der Waals surface area contributed by atoms with Gasteiger partial charge in [-0.1, -0.05) is 24.1 Å². The number of aryl methyl sites for hydroxylation is 2. The predicted molar refractivity (Wildman–Crippen MR) is 69.2 cm³/mol. The van der Waals surface area contributed by atoms with Gasteiger partial charge in [0.25, 0.3) is 0 Å². The number of anilines is 1. The van der Waals surface area contributed by atoms with Crippen molar-refractivity contribution in [2.45, 2.75) is 20.3 Å². The molecule has 0 saturated carbocycles. The zero-order valence-corrected chi connectivity index (χ0v) is 10.2. The highest BCUT2D eigenvalue weighted by molar-refractivity contribution is 5.68. The van der Waals surface area contributed by atoms with Crippen molar-refractivity contribution in [3.05, 3.63) is 29.3 Å². The van der Waals surface area contributed by atoms with E-state index < -0.39 is 5.97 Å². The minimum atomic E-state index is -0.807. The molecule has 1 aromatic rings. The van der Waals surface area contributed by atoms with Crippen LogP contribution in [0.2, 0.25) is 0 Å². The van der Waals surface area contributed by atoms with Crippen molar-refractivity contribution < 1.29 is 9.90 Å². The molecule has 0 spiro atoms. The molecule has 3 heteroatoms. The number of terminal acetylenes is 1. The summed E-state index contributed by atoms with van der Waals surface area (Å²) in [6.07, 6.45) is 5.43. The van der Waals surface area contributed by atoms with Crippen LogP contribution in [0.4, 0.5) is 5.69 Å². The van der Waals surface area contributed by atoms with Crippen LogP contribution < -0.4 is 4.90 Å². The molecule has 0 aliphatic rings. The van der Waals surface area contributed by atoms with Crippen molar-refractivity contribution in [1.82, 2.24) is 0 Å². The zero-order valence-electron chi connectivity index (χ0n) is 10.2. The van der Waals surface area contributed by atoms with Crippen LogP contribution in [-0.2, 0) is 4.79 Å². The lowest BCUT2D eigenvalue weighted by molar-refractivity contribution is -0.136. The normalized spacial score (nSPS) is 9.71. The van der Waals surface area contributed by atoms with E-state index in [1.807, 2.05) is 36.9 Å². The molecule has 3 nitrogen and oxygen atoms in total. The Morgan fingerprint density at radius 2 is 2.00 bits per heavy atom. The first-order chi connectivity index (χ1) is 8.06. The average Bonchev–Trinajstić information content (AvgIpc) is 2.25. The van der Waals surface area contributed by atoms with E-state index in [4.69, 9.17) is 11.5 Å². The summed E-state index contributed by atoms with van der Waals surface area (Å²) in [6.45, 7) is 4.88. The predicted octanol–water partition coefficient (Wildman–Crippen LogP) is 2.22. The number of benzene rings is 1. The number of para-hydroxylation sites is 1. The molecule has 0 aliphatic heterocycles. The van der Waals surface area contributed by atoms with Crippen LogP contribution in [0.15, 0.2) is 18.2 Å². The third-order valence-corrected chi connectivity index (χ3v) is 2.63. The lowest BCUT2D eigenvalue weighted by Gasteiger charge is -2.25. The monoisotopic (exact) mass is 231 g/mol. The van der Waals surface area contributed by atoms with Crippen LogP contribution in [-0.4, -0.2) is 24.2 Å². The molecule has 0 heterocycles. The Hall–Kier alpha value is -1.95. The van der Waals surface area contributed by atoms with E-state index in [9.17, 15) is 4.79 Å². The van der Waals surface area contributed by atoms with Gasteiger partial charge in [-0.3, -0.25) is 4.79 Å². The van der Waals surface area contributed by atoms with Gasteiger partial charge in [0.05, 0.1) is 13.0 Å². The topological polar surface area (TPSA) is 40.5 Å². The van der Waals surface area contributed by atoms with Gasteiger partial charge in [0.15, 0.2) is 0 Å². The molecular formula is C14H17NO2. The maximum Gasteiger partial charge on any atom is 0.305 e. The Morgan fingerprint density at radius 1 is 1.41 bits per heavy atom. The number of aliphatic carboxylic acids is 1. The van der Waals surface area contributed by atoms with Crippen LogP contribution in [0.1, 0.15) is 17.5 Å². The molecule has 1 N–H and O–H groups in total. The number of rotatable bonds is 5. The Balaban J connectivity index is 2.97. The van der Waals surface area contributed by atoms with E-state index >= 15 is 0 Å². The molecule has 0 amide bonds. The van der Waals surface area contributed by atoms with Gasteiger partial charge in [-0.15, -0.1) is 6.42 Å². The lowest BCUT2D eigenvalue weighted by Crippen LogP contribution is -2.27. The standard InChI is InChI=1S/C14H17NO2/c1-4-9-15(10-8-13(16)17)14-11(2)6-5-7-12(14)3/h1,5-7H,8-10H2,2-3H3,(H,16,17). The van der Waals surface area contributed by atoms with Crippen LogP contribution in [0, 0.1) is 26.2 Å². The molecule has 0 unspecified atom stereocenters. The Bertz CT molecular complexity index is 426. The van der Waals surface area contributed by atoms with Gasteiger partial charge in [0.1, 0.15) is 0 Å². The van der Waals surface area contributed by atoms with E-state index in [2.05, 4.69) is 5.92 Å². The van der Waals surface area contributed by atoms with Crippen molar-refractivity contribution in [2.24, 2.45) is 0 Å². The molecule has 0 aromatic heterocycles. The smallest absolute Gasteiger partial charge is 0.305 e. The fourth-order valence-corrected chi connectivity index (χ4v) is 1.92. The summed E-state index contributed by atoms with van der Waals surface area (Å²) in [5, 5.41) is 8.74. The Morgan fingerprint density at radius 3 is 2.47 bits per heavy atom. The quantitative estimate of drug-likeness (QED) is 0.790. The summed E-state index contributed by atoms with van der Waals surface area (Å²) in [5.74, 6) is 1.77. The second-order valence-electron chi connectivity index (χ2n) is 4.01. The Labute approximate surface area is 102 Å². The minimum Gasteiger partial charge on any atom is -0.481 e. The third kappa shape index (κ3) is 3.53. The van der Waals surface area contributed by atoms with Gasteiger partial charge in [-0.05, 0) is 25.0 Å². The molecule has 0 bridgehead atoms. The van der Waals surface area contributed by atoms with Crippen LogP contribution in [0.5, 0.6) is 0 Å². The SMILES string of the molecule is C#CCN(CCC(=O)O)c1c(C)cccc1C. The summed E-state index contributed by atoms with van der Waals surface area (Å²) >= 11 is 0. The van der Waals surface area contributed by atoms with Crippen LogP contribution in [0.25, 0.3) is 0 Å². The maximum absolute atomic E-state index is 10.6. The highest BCUT2D eigenvalue weighted by atomic mass is 16.4. The summed E-state index contributed by atoms with van der Waals surface area (Å²) in [4.78, 5) is 12.6. The van der Waals surface area contributed by atoms with Crippen molar-refractivity contribution in [1.29, 1.82) is 0 Å². The van der Waals surface area contributed by atoms with Gasteiger partial charge in [-0.25, -0.2) is 0 Å². The van der Waals surface area contributed by atoms with E-state index in [0.717, 1.165) is 16.8 Å². The zero-order chi connectivity index (χ0) is 12.8. The highest BCUT2D eigenvalue weighted by Gasteiger charge is 2.12. The number of carboxylic acid groups (broad SMARTS) is 1. The first-order valence-corrected chi connectivity index (χ1v) is 5.52. The van der Waals surface area contributed by atoms with Crippen molar-refractivity contribution in [3.63, 3.8) is 0 Å². The molecule has 1 rings (SSSR count). The second kappa shape index (κ2) is 5.95. The van der Waals surface area contributed by atoms with Gasteiger partial charge >= 0.3 is 5.97 Å². The molecular weight excluding hydrogens is 214 g/mol. The molecule has 0 saturated heterocycles. The molecule has 1 aromatic carbocycles. The van der Waals surface area contributed by atoms with Crippen molar-refractivity contribution >= 4 is 11.7 Å². The summed E-state index contributed by atoms with van der Waals surface area (Å²) < 4.78 is 0. The maximum atomic E-state index is 10.6. The van der Waals surface area contributed by atoms with E-state index in [0.29, 0.717) is 13.1 Å². The van der Waals surface area contributed by atoms with Gasteiger partial charge in [0.2, 0.25) is 0 Å². The van der Waals surface area contributed by atoms with E-state index in [-0.39, 0.29) is 6.42 Å². The molecule has 17 heavy (non-hydrogen) atoms. The average molecular weight is 231 g/mol. The van der Waals surface area contributed by atoms with Crippen LogP contribution >= 0.6 is 0 Å². The fraction of sp³-hybridized carbons (Fsp3) is 0.357. The summed E-state index contributed by atoms with van der Waals surface area (Å²) in [7, 11) is 0. The first kappa shape index (κ1) is 13.1. The minimum absolute atomic E-state index is 0.0927. The van der Waals surface area contributed by atoms with E-state index in [1.54, 1.807) is 0 Å². The molecule has 90 valence electrons. The van der Waals surface area contributed by atoms with Gasteiger partial charge in [-0.2, -0.15) is 0 Å².